The number of benzene rings is 2. The highest BCUT2D eigenvalue weighted by Crippen LogP contribution is 2.30. The minimum Gasteiger partial charge on any atom is -0.292 e. The Kier molecular flexibility index (Phi) is 3.05. The van der Waals surface area contributed by atoms with E-state index >= 15 is 0 Å². The quantitative estimate of drug-likeness (QED) is 0.916. The van der Waals surface area contributed by atoms with Crippen LogP contribution >= 0.6 is 11.8 Å². The fourth-order valence-corrected chi connectivity index (χ4v) is 5.49. The van der Waals surface area contributed by atoms with Gasteiger partial charge in [0.05, 0.1) is 4.90 Å². The molecule has 1 atom stereocenters. The molecular weight excluding hydrogens is 266 g/mol. The fourth-order valence-electron chi connectivity index (χ4n) is 2.16. The molecule has 1 heterocycles. The Morgan fingerprint density at radius 2 is 1.89 bits per heavy atom. The summed E-state index contributed by atoms with van der Waals surface area (Å²) in [4.78, 5) is 0.424. The van der Waals surface area contributed by atoms with Gasteiger partial charge in [-0.1, -0.05) is 36.4 Å². The molecule has 1 saturated heterocycles. The maximum atomic E-state index is 12.6. The van der Waals surface area contributed by atoms with Crippen LogP contribution in [0.2, 0.25) is 0 Å². The molecule has 3 rings (SSSR count). The Bertz CT molecular complexity index is 671. The Balaban J connectivity index is 2.19. The first-order chi connectivity index (χ1) is 8.69. The third-order valence-electron chi connectivity index (χ3n) is 3.02. The second kappa shape index (κ2) is 4.57. The van der Waals surface area contributed by atoms with Gasteiger partial charge in [0.1, 0.15) is 0 Å². The molecule has 2 aromatic carbocycles. The third kappa shape index (κ3) is 1.92. The highest BCUT2D eigenvalue weighted by atomic mass is 32.3. The number of rotatable bonds is 2. The van der Waals surface area contributed by atoms with Crippen LogP contribution in [0.15, 0.2) is 47.4 Å². The number of nitrogens with one attached hydrogen (secondary N) is 1. The molecule has 94 valence electrons. The van der Waals surface area contributed by atoms with E-state index in [0.29, 0.717) is 4.90 Å². The molecule has 1 aliphatic heterocycles. The van der Waals surface area contributed by atoms with E-state index < -0.39 is 14.5 Å². The van der Waals surface area contributed by atoms with Gasteiger partial charge in [-0.25, -0.2) is 8.42 Å². The average molecular weight is 279 g/mol. The van der Waals surface area contributed by atoms with Gasteiger partial charge >= 0.3 is 0 Å². The van der Waals surface area contributed by atoms with Crippen molar-refractivity contribution in [1.29, 1.82) is 0 Å². The van der Waals surface area contributed by atoms with Crippen molar-refractivity contribution >= 4 is 32.4 Å². The van der Waals surface area contributed by atoms with E-state index in [1.807, 2.05) is 30.3 Å². The molecule has 0 amide bonds. The van der Waals surface area contributed by atoms with Crippen molar-refractivity contribution in [1.82, 2.24) is 5.32 Å². The van der Waals surface area contributed by atoms with E-state index in [0.717, 1.165) is 23.1 Å². The second-order valence-electron chi connectivity index (χ2n) is 4.18. The van der Waals surface area contributed by atoms with E-state index in [4.69, 9.17) is 0 Å². The summed E-state index contributed by atoms with van der Waals surface area (Å²) in [6.07, 6.45) is 0. The van der Waals surface area contributed by atoms with E-state index in [2.05, 4.69) is 5.32 Å². The second-order valence-corrected chi connectivity index (χ2v) is 7.69. The lowest BCUT2D eigenvalue weighted by atomic mass is 10.1. The van der Waals surface area contributed by atoms with Gasteiger partial charge in [0, 0.05) is 17.7 Å². The largest absolute Gasteiger partial charge is 0.292 e. The van der Waals surface area contributed by atoms with E-state index in [1.165, 1.54) is 11.8 Å². The van der Waals surface area contributed by atoms with Gasteiger partial charge in [-0.15, -0.1) is 11.8 Å². The van der Waals surface area contributed by atoms with Gasteiger partial charge < -0.3 is 0 Å². The van der Waals surface area contributed by atoms with Gasteiger partial charge in [0.25, 0.3) is 0 Å². The Morgan fingerprint density at radius 3 is 2.67 bits per heavy atom. The lowest BCUT2D eigenvalue weighted by molar-refractivity contribution is 0.587. The molecule has 1 unspecified atom stereocenters. The molecule has 0 saturated carbocycles. The molecule has 3 nitrogen and oxygen atoms in total. The molecule has 0 aliphatic carbocycles. The maximum absolute atomic E-state index is 12.6. The van der Waals surface area contributed by atoms with E-state index in [9.17, 15) is 8.42 Å². The lowest BCUT2D eigenvalue weighted by Crippen LogP contribution is -2.29. The van der Waals surface area contributed by atoms with Crippen LogP contribution < -0.4 is 5.32 Å². The average Bonchev–Trinajstić information content (AvgIpc) is 2.92. The monoisotopic (exact) mass is 279 g/mol. The minimum absolute atomic E-state index is 0.424. The minimum atomic E-state index is -3.31. The van der Waals surface area contributed by atoms with Crippen LogP contribution in [0.4, 0.5) is 0 Å². The summed E-state index contributed by atoms with van der Waals surface area (Å²) in [5.74, 6) is 0.842. The van der Waals surface area contributed by atoms with Crippen LogP contribution in [0.3, 0.4) is 0 Å². The third-order valence-corrected chi connectivity index (χ3v) is 6.80. The molecule has 5 heteroatoms. The molecule has 1 aliphatic rings. The summed E-state index contributed by atoms with van der Waals surface area (Å²) < 4.78 is 24.6. The highest BCUT2D eigenvalue weighted by Gasteiger charge is 2.31. The molecule has 0 bridgehead atoms. The summed E-state index contributed by atoms with van der Waals surface area (Å²) in [5.41, 5.74) is 0. The van der Waals surface area contributed by atoms with Crippen molar-refractivity contribution in [3.63, 3.8) is 0 Å². The molecule has 2 aromatic rings. The highest BCUT2D eigenvalue weighted by molar-refractivity contribution is 8.13. The van der Waals surface area contributed by atoms with Crippen LogP contribution in [-0.4, -0.2) is 25.4 Å². The topological polar surface area (TPSA) is 46.2 Å². The fraction of sp³-hybridized carbons (Fsp3) is 0.231. The number of sulfone groups is 1. The van der Waals surface area contributed by atoms with Gasteiger partial charge in [0.15, 0.2) is 4.71 Å². The standard InChI is InChI=1S/C13H13NO2S2/c15-18(16,13-14-8-9-17-13)12-7-3-5-10-4-1-2-6-11(10)12/h1-7,13-14H,8-9H2. The smallest absolute Gasteiger partial charge is 0.204 e. The lowest BCUT2D eigenvalue weighted by Gasteiger charge is -2.13. The van der Waals surface area contributed by atoms with Crippen LogP contribution in [0, 0.1) is 0 Å². The van der Waals surface area contributed by atoms with Crippen molar-refractivity contribution in [2.75, 3.05) is 12.3 Å². The van der Waals surface area contributed by atoms with Crippen LogP contribution in [0.25, 0.3) is 10.8 Å². The van der Waals surface area contributed by atoms with Crippen LogP contribution in [0.5, 0.6) is 0 Å². The molecule has 1 N–H and O–H groups in total. The summed E-state index contributed by atoms with van der Waals surface area (Å²) in [6.45, 7) is 0.749. The van der Waals surface area contributed by atoms with Crippen molar-refractivity contribution in [2.24, 2.45) is 0 Å². The van der Waals surface area contributed by atoms with Gasteiger partial charge in [-0.05, 0) is 11.5 Å². The maximum Gasteiger partial charge on any atom is 0.204 e. The summed E-state index contributed by atoms with van der Waals surface area (Å²) in [5, 5.41) is 4.80. The molecule has 1 fully saturated rings. The molecule has 0 radical (unpaired) electrons. The first-order valence-electron chi connectivity index (χ1n) is 5.76. The molecule has 18 heavy (non-hydrogen) atoms. The zero-order chi connectivity index (χ0) is 12.6. The van der Waals surface area contributed by atoms with Crippen molar-refractivity contribution < 1.29 is 8.42 Å². The van der Waals surface area contributed by atoms with E-state index in [-0.39, 0.29) is 0 Å². The van der Waals surface area contributed by atoms with E-state index in [1.54, 1.807) is 12.1 Å². The Morgan fingerprint density at radius 1 is 1.11 bits per heavy atom. The zero-order valence-corrected chi connectivity index (χ0v) is 11.3. The first-order valence-corrected chi connectivity index (χ1v) is 8.36. The van der Waals surface area contributed by atoms with Crippen molar-refractivity contribution in [3.05, 3.63) is 42.5 Å². The predicted octanol–water partition coefficient (Wildman–Crippen LogP) is 2.23. The molecule has 0 spiro atoms. The summed E-state index contributed by atoms with van der Waals surface area (Å²) >= 11 is 1.45. The van der Waals surface area contributed by atoms with Crippen molar-refractivity contribution in [2.45, 2.75) is 9.60 Å². The Labute approximate surface area is 111 Å². The van der Waals surface area contributed by atoms with Gasteiger partial charge in [0.2, 0.25) is 9.84 Å². The van der Waals surface area contributed by atoms with Crippen molar-refractivity contribution in [3.8, 4) is 0 Å². The van der Waals surface area contributed by atoms with Gasteiger partial charge in [-0.3, -0.25) is 5.32 Å². The number of hydrogen-bond acceptors (Lipinski definition) is 4. The number of fused-ring (bicyclic) bond motifs is 1. The molecule has 0 aromatic heterocycles. The first kappa shape index (κ1) is 12.0. The summed E-state index contributed by atoms with van der Waals surface area (Å²) in [7, 11) is -3.31. The molecular formula is C13H13NO2S2. The zero-order valence-electron chi connectivity index (χ0n) is 9.67. The Hall–Kier alpha value is -1.04. The SMILES string of the molecule is O=S(=O)(c1cccc2ccccc12)C1NCCS1. The normalized spacial score (nSPS) is 20.3. The summed E-state index contributed by atoms with van der Waals surface area (Å²) in [6, 6.07) is 13.0. The number of thioether (sulfide) groups is 1. The number of hydrogen-bond donors (Lipinski definition) is 1. The van der Waals surface area contributed by atoms with Crippen LogP contribution in [-0.2, 0) is 9.84 Å². The van der Waals surface area contributed by atoms with Crippen LogP contribution in [0.1, 0.15) is 0 Å². The van der Waals surface area contributed by atoms with Gasteiger partial charge in [-0.2, -0.15) is 0 Å². The predicted molar refractivity (Wildman–Crippen MR) is 75.4 cm³/mol.